The van der Waals surface area contributed by atoms with Crippen LogP contribution in [0.25, 0.3) is 0 Å². The Bertz CT molecular complexity index is 799. The van der Waals surface area contributed by atoms with Crippen molar-refractivity contribution < 1.29 is 19.1 Å². The molecule has 1 fully saturated rings. The van der Waals surface area contributed by atoms with Crippen LogP contribution in [0.3, 0.4) is 0 Å². The zero-order chi connectivity index (χ0) is 17.3. The van der Waals surface area contributed by atoms with Crippen LogP contribution < -0.4 is 5.32 Å². The van der Waals surface area contributed by atoms with Gasteiger partial charge in [0.1, 0.15) is 5.82 Å². The Balaban J connectivity index is 1.82. The summed E-state index contributed by atoms with van der Waals surface area (Å²) in [6.45, 7) is 1.59. The molecule has 5 heteroatoms. The third-order valence-corrected chi connectivity index (χ3v) is 4.59. The predicted molar refractivity (Wildman–Crippen MR) is 88.4 cm³/mol. The van der Waals surface area contributed by atoms with Crippen molar-refractivity contribution in [1.29, 1.82) is 0 Å². The summed E-state index contributed by atoms with van der Waals surface area (Å²) in [5.41, 5.74) is 0.724. The molecule has 0 radical (unpaired) electrons. The lowest BCUT2D eigenvalue weighted by Gasteiger charge is -2.17. The minimum Gasteiger partial charge on any atom is -0.481 e. The Morgan fingerprint density at radius 2 is 1.88 bits per heavy atom. The van der Waals surface area contributed by atoms with Gasteiger partial charge in [-0.25, -0.2) is 4.39 Å². The van der Waals surface area contributed by atoms with E-state index in [0.29, 0.717) is 29.7 Å². The summed E-state index contributed by atoms with van der Waals surface area (Å²) in [5.74, 6) is -2.22. The largest absolute Gasteiger partial charge is 0.481 e. The Morgan fingerprint density at radius 3 is 2.50 bits per heavy atom. The second-order valence-corrected chi connectivity index (χ2v) is 6.20. The van der Waals surface area contributed by atoms with E-state index < -0.39 is 17.3 Å². The number of hydrogen-bond acceptors (Lipinski definition) is 2. The molecule has 124 valence electrons. The summed E-state index contributed by atoms with van der Waals surface area (Å²) in [5, 5.41) is 11.9. The van der Waals surface area contributed by atoms with Crippen molar-refractivity contribution >= 4 is 17.6 Å². The van der Waals surface area contributed by atoms with Crippen LogP contribution in [0.1, 0.15) is 36.8 Å². The van der Waals surface area contributed by atoms with Crippen molar-refractivity contribution in [3.05, 3.63) is 65.5 Å². The van der Waals surface area contributed by atoms with Gasteiger partial charge in [0.2, 0.25) is 5.91 Å². The van der Waals surface area contributed by atoms with Crippen LogP contribution in [0, 0.1) is 5.82 Å². The normalized spacial score (nSPS) is 16.2. The number of halogens is 1. The van der Waals surface area contributed by atoms with E-state index in [9.17, 15) is 14.0 Å². The fourth-order valence-corrected chi connectivity index (χ4v) is 2.87. The van der Waals surface area contributed by atoms with Crippen molar-refractivity contribution in [2.24, 2.45) is 0 Å². The maximum absolute atomic E-state index is 14.0. The van der Waals surface area contributed by atoms with Crippen LogP contribution in [0.15, 0.2) is 48.5 Å². The van der Waals surface area contributed by atoms with E-state index in [2.05, 4.69) is 5.32 Å². The lowest BCUT2D eigenvalue weighted by molar-refractivity contribution is -0.138. The first-order valence-electron chi connectivity index (χ1n) is 7.83. The molecule has 2 aromatic rings. The smallest absolute Gasteiger partial charge is 0.310 e. The highest BCUT2D eigenvalue weighted by atomic mass is 19.1. The lowest BCUT2D eigenvalue weighted by atomic mass is 9.94. The van der Waals surface area contributed by atoms with E-state index in [1.165, 1.54) is 6.07 Å². The quantitative estimate of drug-likeness (QED) is 0.880. The number of nitrogens with one attached hydrogen (secondary N) is 1. The Hall–Kier alpha value is -2.69. The van der Waals surface area contributed by atoms with Gasteiger partial charge in [-0.2, -0.15) is 0 Å². The molecular formula is C19H18FNO3. The first-order valence-corrected chi connectivity index (χ1v) is 7.83. The minimum absolute atomic E-state index is 0.257. The highest BCUT2D eigenvalue weighted by molar-refractivity contribution is 6.01. The highest BCUT2D eigenvalue weighted by Crippen LogP contribution is 2.49. The standard InChI is InChI=1S/C19H18FNO3/c1-12(17(22)23)13-5-4-6-14(11-13)21-18(24)19(9-10-19)15-7-2-3-8-16(15)20/h2-8,11-12H,9-10H2,1H3,(H,21,24)(H,22,23). The van der Waals surface area contributed by atoms with Gasteiger partial charge in [-0.3, -0.25) is 9.59 Å². The van der Waals surface area contributed by atoms with Gasteiger partial charge in [-0.05, 0) is 43.5 Å². The number of aliphatic carboxylic acids is 1. The molecule has 4 nitrogen and oxygen atoms in total. The van der Waals surface area contributed by atoms with E-state index in [1.54, 1.807) is 49.4 Å². The van der Waals surface area contributed by atoms with Crippen LogP contribution >= 0.6 is 0 Å². The average Bonchev–Trinajstić information content (AvgIpc) is 3.36. The zero-order valence-electron chi connectivity index (χ0n) is 13.3. The number of carboxylic acid groups (broad SMARTS) is 1. The van der Waals surface area contributed by atoms with Gasteiger partial charge < -0.3 is 10.4 Å². The molecule has 1 aliphatic rings. The predicted octanol–water partition coefficient (Wildman–Crippen LogP) is 3.68. The number of hydrogen-bond donors (Lipinski definition) is 2. The van der Waals surface area contributed by atoms with E-state index in [1.807, 2.05) is 0 Å². The van der Waals surface area contributed by atoms with E-state index in [4.69, 9.17) is 5.11 Å². The van der Waals surface area contributed by atoms with Crippen molar-refractivity contribution in [2.75, 3.05) is 5.32 Å². The fourth-order valence-electron chi connectivity index (χ4n) is 2.87. The third-order valence-electron chi connectivity index (χ3n) is 4.59. The van der Waals surface area contributed by atoms with Gasteiger partial charge in [-0.15, -0.1) is 0 Å². The summed E-state index contributed by atoms with van der Waals surface area (Å²) in [6.07, 6.45) is 1.20. The molecule has 2 N–H and O–H groups in total. The molecule has 3 rings (SSSR count). The van der Waals surface area contributed by atoms with Gasteiger partial charge >= 0.3 is 5.97 Å². The molecule has 0 aromatic heterocycles. The summed E-state index contributed by atoms with van der Waals surface area (Å²) in [7, 11) is 0. The topological polar surface area (TPSA) is 66.4 Å². The molecule has 0 heterocycles. The van der Waals surface area contributed by atoms with Gasteiger partial charge in [0, 0.05) is 11.3 Å². The monoisotopic (exact) mass is 327 g/mol. The van der Waals surface area contributed by atoms with Crippen molar-refractivity contribution in [3.63, 3.8) is 0 Å². The summed E-state index contributed by atoms with van der Waals surface area (Å²) in [4.78, 5) is 23.8. The summed E-state index contributed by atoms with van der Waals surface area (Å²) < 4.78 is 14.0. The molecule has 2 aromatic carbocycles. The number of rotatable bonds is 5. The molecular weight excluding hydrogens is 309 g/mol. The average molecular weight is 327 g/mol. The molecule has 1 aliphatic carbocycles. The second kappa shape index (κ2) is 6.07. The maximum atomic E-state index is 14.0. The fraction of sp³-hybridized carbons (Fsp3) is 0.263. The molecule has 1 amide bonds. The first kappa shape index (κ1) is 16.2. The van der Waals surface area contributed by atoms with E-state index >= 15 is 0 Å². The number of amides is 1. The van der Waals surface area contributed by atoms with Crippen molar-refractivity contribution in [1.82, 2.24) is 0 Å². The minimum atomic E-state index is -0.927. The SMILES string of the molecule is CC(C(=O)O)c1cccc(NC(=O)C2(c3ccccc3F)CC2)c1. The van der Waals surface area contributed by atoms with Crippen LogP contribution in [-0.2, 0) is 15.0 Å². The molecule has 0 aliphatic heterocycles. The van der Waals surface area contributed by atoms with Gasteiger partial charge in [0.15, 0.2) is 0 Å². The molecule has 1 saturated carbocycles. The number of benzene rings is 2. The van der Waals surface area contributed by atoms with Gasteiger partial charge in [0.05, 0.1) is 11.3 Å². The summed E-state index contributed by atoms with van der Waals surface area (Å²) >= 11 is 0. The van der Waals surface area contributed by atoms with E-state index in [0.717, 1.165) is 0 Å². The molecule has 1 atom stereocenters. The molecule has 0 saturated heterocycles. The van der Waals surface area contributed by atoms with Gasteiger partial charge in [-0.1, -0.05) is 30.3 Å². The van der Waals surface area contributed by atoms with Crippen LogP contribution in [0.2, 0.25) is 0 Å². The number of carboxylic acids is 1. The lowest BCUT2D eigenvalue weighted by Crippen LogP contribution is -2.28. The molecule has 0 spiro atoms. The Kier molecular flexibility index (Phi) is 4.09. The molecule has 1 unspecified atom stereocenters. The highest BCUT2D eigenvalue weighted by Gasteiger charge is 2.52. The van der Waals surface area contributed by atoms with Crippen molar-refractivity contribution in [3.8, 4) is 0 Å². The van der Waals surface area contributed by atoms with Crippen LogP contribution in [0.4, 0.5) is 10.1 Å². The molecule has 24 heavy (non-hydrogen) atoms. The number of carbonyl (C=O) groups is 2. The van der Waals surface area contributed by atoms with Crippen LogP contribution in [0.5, 0.6) is 0 Å². The van der Waals surface area contributed by atoms with Crippen LogP contribution in [-0.4, -0.2) is 17.0 Å². The second-order valence-electron chi connectivity index (χ2n) is 6.20. The zero-order valence-corrected chi connectivity index (χ0v) is 13.3. The Labute approximate surface area is 139 Å². The van der Waals surface area contributed by atoms with Gasteiger partial charge in [0.25, 0.3) is 0 Å². The Morgan fingerprint density at radius 1 is 1.17 bits per heavy atom. The molecule has 0 bridgehead atoms. The number of carbonyl (C=O) groups excluding carboxylic acids is 1. The van der Waals surface area contributed by atoms with Crippen molar-refractivity contribution in [2.45, 2.75) is 31.1 Å². The summed E-state index contributed by atoms with van der Waals surface area (Å²) in [6, 6.07) is 13.1. The van der Waals surface area contributed by atoms with E-state index in [-0.39, 0.29) is 11.7 Å². The maximum Gasteiger partial charge on any atom is 0.310 e. The first-order chi connectivity index (χ1) is 11.4. The third kappa shape index (κ3) is 2.89. The number of anilines is 1.